The normalized spacial score (nSPS) is 13.1. The van der Waals surface area contributed by atoms with Crippen LogP contribution < -0.4 is 4.72 Å². The number of aromatic nitrogens is 1. The number of carboxylic acid groups (broad SMARTS) is 1. The quantitative estimate of drug-likeness (QED) is 0.878. The van der Waals surface area contributed by atoms with Gasteiger partial charge in [0.05, 0.1) is 4.90 Å². The van der Waals surface area contributed by atoms with E-state index >= 15 is 0 Å². The summed E-state index contributed by atoms with van der Waals surface area (Å²) in [4.78, 5) is 14.6. The third-order valence-electron chi connectivity index (χ3n) is 2.61. The van der Waals surface area contributed by atoms with Crippen LogP contribution in [0, 0.1) is 0 Å². The van der Waals surface area contributed by atoms with Crippen LogP contribution in [0.1, 0.15) is 28.2 Å². The van der Waals surface area contributed by atoms with Gasteiger partial charge in [0.15, 0.2) is 0 Å². The minimum absolute atomic E-state index is 0.0144. The predicted molar refractivity (Wildman–Crippen MR) is 74.3 cm³/mol. The highest BCUT2D eigenvalue weighted by Crippen LogP contribution is 2.21. The van der Waals surface area contributed by atoms with Gasteiger partial charge in [-0.15, -0.1) is 11.3 Å². The van der Waals surface area contributed by atoms with E-state index in [1.807, 2.05) is 0 Å². The van der Waals surface area contributed by atoms with Crippen LogP contribution in [0.5, 0.6) is 0 Å². The predicted octanol–water partition coefficient (Wildman–Crippen LogP) is 1.88. The van der Waals surface area contributed by atoms with E-state index < -0.39 is 22.0 Å². The molecule has 20 heavy (non-hydrogen) atoms. The topological polar surface area (TPSA) is 96.4 Å². The number of hydrogen-bond acceptors (Lipinski definition) is 5. The maximum Gasteiger partial charge on any atom is 0.345 e. The molecule has 0 spiro atoms. The fourth-order valence-electron chi connectivity index (χ4n) is 1.57. The molecule has 0 fully saturated rings. The Kier molecular flexibility index (Phi) is 4.17. The van der Waals surface area contributed by atoms with E-state index in [0.29, 0.717) is 0 Å². The molecule has 2 N–H and O–H groups in total. The number of sulfonamides is 1. The van der Waals surface area contributed by atoms with Gasteiger partial charge in [-0.25, -0.2) is 17.9 Å². The number of carboxylic acids is 1. The monoisotopic (exact) mass is 312 g/mol. The molecule has 6 nitrogen and oxygen atoms in total. The van der Waals surface area contributed by atoms with Gasteiger partial charge < -0.3 is 5.11 Å². The second-order valence-corrected chi connectivity index (χ2v) is 6.71. The molecular formula is C12H12N2O4S2. The second-order valence-electron chi connectivity index (χ2n) is 4.08. The molecule has 0 aliphatic heterocycles. The molecule has 0 amide bonds. The third-order valence-corrected chi connectivity index (χ3v) is 5.20. The summed E-state index contributed by atoms with van der Waals surface area (Å²) in [5.41, 5.74) is 0.727. The van der Waals surface area contributed by atoms with Crippen molar-refractivity contribution in [2.24, 2.45) is 0 Å². The molecule has 2 aromatic heterocycles. The van der Waals surface area contributed by atoms with Crippen LogP contribution in [0.3, 0.4) is 0 Å². The first-order chi connectivity index (χ1) is 9.40. The maximum atomic E-state index is 12.1. The lowest BCUT2D eigenvalue weighted by atomic mass is 10.2. The molecule has 0 unspecified atom stereocenters. The molecule has 0 aliphatic rings. The van der Waals surface area contributed by atoms with Gasteiger partial charge in [0.25, 0.3) is 0 Å². The summed E-state index contributed by atoms with van der Waals surface area (Å²) in [6.07, 6.45) is 3.17. The molecule has 106 valence electrons. The van der Waals surface area contributed by atoms with Gasteiger partial charge in [-0.1, -0.05) is 6.07 Å². The van der Waals surface area contributed by atoms with Crippen LogP contribution in [0.15, 0.2) is 40.9 Å². The third kappa shape index (κ3) is 3.21. The van der Waals surface area contributed by atoms with Crippen LogP contribution in [0.2, 0.25) is 0 Å². The fraction of sp³-hybridized carbons (Fsp3) is 0.167. The SMILES string of the molecule is C[C@@H](NS(=O)(=O)c1csc(C(=O)O)c1)c1cccnc1. The molecule has 0 radical (unpaired) electrons. The van der Waals surface area contributed by atoms with Gasteiger partial charge in [-0.3, -0.25) is 4.98 Å². The minimum Gasteiger partial charge on any atom is -0.477 e. The standard InChI is InChI=1S/C12H12N2O4S2/c1-8(9-3-2-4-13-6-9)14-20(17,18)10-5-11(12(15)16)19-7-10/h2-8,14H,1H3,(H,15,16)/t8-/m1/s1. The van der Waals surface area contributed by atoms with E-state index in [2.05, 4.69) is 9.71 Å². The van der Waals surface area contributed by atoms with E-state index in [4.69, 9.17) is 5.11 Å². The van der Waals surface area contributed by atoms with Gasteiger partial charge >= 0.3 is 5.97 Å². The van der Waals surface area contributed by atoms with Crippen LogP contribution >= 0.6 is 11.3 Å². The molecule has 0 aliphatic carbocycles. The Labute approximate surface area is 120 Å². The van der Waals surface area contributed by atoms with E-state index in [1.54, 1.807) is 31.5 Å². The number of thiophene rings is 1. The van der Waals surface area contributed by atoms with Crippen molar-refractivity contribution >= 4 is 27.3 Å². The van der Waals surface area contributed by atoms with Crippen molar-refractivity contribution < 1.29 is 18.3 Å². The largest absolute Gasteiger partial charge is 0.477 e. The summed E-state index contributed by atoms with van der Waals surface area (Å²) in [7, 11) is -3.75. The van der Waals surface area contributed by atoms with Crippen LogP contribution in [0.25, 0.3) is 0 Å². The van der Waals surface area contributed by atoms with Crippen molar-refractivity contribution in [3.05, 3.63) is 46.4 Å². The van der Waals surface area contributed by atoms with Crippen molar-refractivity contribution in [2.45, 2.75) is 17.9 Å². The summed E-state index contributed by atoms with van der Waals surface area (Å²) in [6, 6.07) is 4.16. The number of aromatic carboxylic acids is 1. The second kappa shape index (κ2) is 5.70. The molecule has 0 aromatic carbocycles. The van der Waals surface area contributed by atoms with Gasteiger partial charge in [-0.05, 0) is 24.6 Å². The molecule has 0 saturated carbocycles. The summed E-state index contributed by atoms with van der Waals surface area (Å²) in [6.45, 7) is 1.69. The van der Waals surface area contributed by atoms with Crippen molar-refractivity contribution in [3.63, 3.8) is 0 Å². The van der Waals surface area contributed by atoms with E-state index in [9.17, 15) is 13.2 Å². The number of nitrogens with one attached hydrogen (secondary N) is 1. The number of hydrogen-bond donors (Lipinski definition) is 2. The lowest BCUT2D eigenvalue weighted by molar-refractivity contribution is 0.0702. The highest BCUT2D eigenvalue weighted by Gasteiger charge is 2.21. The zero-order valence-corrected chi connectivity index (χ0v) is 12.1. The van der Waals surface area contributed by atoms with Gasteiger partial charge in [0.2, 0.25) is 10.0 Å². The summed E-state index contributed by atoms with van der Waals surface area (Å²) >= 11 is 0.876. The number of pyridine rings is 1. The molecule has 8 heteroatoms. The first-order valence-corrected chi connectivity index (χ1v) is 8.00. The Bertz CT molecular complexity index is 710. The fourth-order valence-corrected chi connectivity index (χ4v) is 3.92. The Balaban J connectivity index is 2.20. The van der Waals surface area contributed by atoms with E-state index in [-0.39, 0.29) is 9.77 Å². The minimum atomic E-state index is -3.75. The van der Waals surface area contributed by atoms with Crippen LogP contribution in [0.4, 0.5) is 0 Å². The molecule has 1 atom stereocenters. The molecule has 0 bridgehead atoms. The molecular weight excluding hydrogens is 300 g/mol. The van der Waals surface area contributed by atoms with Crippen molar-refractivity contribution in [1.82, 2.24) is 9.71 Å². The van der Waals surface area contributed by atoms with Gasteiger partial charge in [0.1, 0.15) is 4.88 Å². The van der Waals surface area contributed by atoms with Crippen molar-refractivity contribution in [1.29, 1.82) is 0 Å². The first-order valence-electron chi connectivity index (χ1n) is 5.64. The highest BCUT2D eigenvalue weighted by molar-refractivity contribution is 7.89. The summed E-state index contributed by atoms with van der Waals surface area (Å²) in [5, 5.41) is 10.1. The summed E-state index contributed by atoms with van der Waals surface area (Å²) < 4.78 is 26.8. The smallest absolute Gasteiger partial charge is 0.345 e. The van der Waals surface area contributed by atoms with Crippen molar-refractivity contribution in [3.8, 4) is 0 Å². The lowest BCUT2D eigenvalue weighted by Crippen LogP contribution is -2.26. The average molecular weight is 312 g/mol. The molecule has 0 saturated heterocycles. The number of carbonyl (C=O) groups is 1. The number of rotatable bonds is 5. The van der Waals surface area contributed by atoms with Gasteiger partial charge in [-0.2, -0.15) is 0 Å². The Hall–Kier alpha value is -1.77. The highest BCUT2D eigenvalue weighted by atomic mass is 32.2. The van der Waals surface area contributed by atoms with E-state index in [0.717, 1.165) is 23.0 Å². The molecule has 2 rings (SSSR count). The zero-order chi connectivity index (χ0) is 14.8. The zero-order valence-electron chi connectivity index (χ0n) is 10.5. The van der Waals surface area contributed by atoms with Crippen LogP contribution in [-0.2, 0) is 10.0 Å². The molecule has 2 aromatic rings. The Morgan fingerprint density at radius 1 is 1.50 bits per heavy atom. The number of nitrogens with zero attached hydrogens (tertiary/aromatic N) is 1. The van der Waals surface area contributed by atoms with E-state index in [1.165, 1.54) is 5.38 Å². The van der Waals surface area contributed by atoms with Crippen molar-refractivity contribution in [2.75, 3.05) is 0 Å². The first kappa shape index (κ1) is 14.6. The van der Waals surface area contributed by atoms with Gasteiger partial charge in [0, 0.05) is 23.8 Å². The lowest BCUT2D eigenvalue weighted by Gasteiger charge is -2.13. The Morgan fingerprint density at radius 3 is 2.80 bits per heavy atom. The molecule has 2 heterocycles. The maximum absolute atomic E-state index is 12.1. The van der Waals surface area contributed by atoms with Crippen LogP contribution in [-0.4, -0.2) is 24.5 Å². The summed E-state index contributed by atoms with van der Waals surface area (Å²) in [5.74, 6) is -1.14. The average Bonchev–Trinajstić information content (AvgIpc) is 2.90. The Morgan fingerprint density at radius 2 is 2.25 bits per heavy atom.